The van der Waals surface area contributed by atoms with Crippen molar-refractivity contribution < 1.29 is 4.79 Å². The van der Waals surface area contributed by atoms with E-state index < -0.39 is 0 Å². The summed E-state index contributed by atoms with van der Waals surface area (Å²) in [5.41, 5.74) is 6.89. The molecule has 3 aromatic rings. The Morgan fingerprint density at radius 1 is 0.857 bits per heavy atom. The number of carbonyl (C=O) groups is 1. The normalized spacial score (nSPS) is 14.4. The summed E-state index contributed by atoms with van der Waals surface area (Å²) in [5.74, 6) is 0.121. The lowest BCUT2D eigenvalue weighted by molar-refractivity contribution is 0.0747. The van der Waals surface area contributed by atoms with Gasteiger partial charge in [0, 0.05) is 55.0 Å². The topological polar surface area (TPSA) is 28.5 Å². The molecule has 0 spiro atoms. The Bertz CT molecular complexity index is 979. The first-order valence-electron chi connectivity index (χ1n) is 9.89. The molecule has 1 aliphatic rings. The fraction of sp³-hybridized carbons (Fsp3) is 0.292. The molecule has 0 saturated carbocycles. The smallest absolute Gasteiger partial charge is 0.253 e. The molecular formula is C24H27N3O. The molecule has 2 aromatic carbocycles. The molecule has 1 aliphatic heterocycles. The molecule has 1 aromatic heterocycles. The van der Waals surface area contributed by atoms with Gasteiger partial charge >= 0.3 is 0 Å². The zero-order valence-electron chi connectivity index (χ0n) is 16.9. The van der Waals surface area contributed by atoms with Crippen LogP contribution in [-0.2, 0) is 0 Å². The van der Waals surface area contributed by atoms with Gasteiger partial charge in [0.15, 0.2) is 0 Å². The van der Waals surface area contributed by atoms with E-state index in [1.165, 1.54) is 22.5 Å². The van der Waals surface area contributed by atoms with E-state index in [1.807, 2.05) is 41.4 Å². The quantitative estimate of drug-likeness (QED) is 0.682. The van der Waals surface area contributed by atoms with Gasteiger partial charge in [-0.3, -0.25) is 4.79 Å². The van der Waals surface area contributed by atoms with Crippen molar-refractivity contribution in [2.75, 3.05) is 31.1 Å². The molecule has 1 saturated heterocycles. The van der Waals surface area contributed by atoms with E-state index in [-0.39, 0.29) is 5.91 Å². The highest BCUT2D eigenvalue weighted by atomic mass is 16.2. The number of hydrogen-bond donors (Lipinski definition) is 0. The molecule has 0 atom stereocenters. The second kappa shape index (κ2) is 7.55. The largest absolute Gasteiger partial charge is 0.368 e. The van der Waals surface area contributed by atoms with E-state index in [0.717, 1.165) is 37.4 Å². The Morgan fingerprint density at radius 2 is 1.57 bits per heavy atom. The standard InChI is InChI=1S/C24H27N3O/c1-18-6-11-23(19(2)17-18)25-13-15-26(16-14-25)24(28)21-7-9-22(10-8-21)27-12-4-5-20(27)3/h4-12,17H,13-16H2,1-3H3. The number of hydrogen-bond acceptors (Lipinski definition) is 2. The summed E-state index contributed by atoms with van der Waals surface area (Å²) in [6.07, 6.45) is 2.04. The van der Waals surface area contributed by atoms with E-state index >= 15 is 0 Å². The zero-order valence-corrected chi connectivity index (χ0v) is 16.9. The number of nitrogens with zero attached hydrogens (tertiary/aromatic N) is 3. The van der Waals surface area contributed by atoms with Crippen LogP contribution in [-0.4, -0.2) is 41.6 Å². The molecule has 144 valence electrons. The fourth-order valence-corrected chi connectivity index (χ4v) is 4.01. The van der Waals surface area contributed by atoms with Crippen LogP contribution < -0.4 is 4.90 Å². The minimum atomic E-state index is 0.121. The van der Waals surface area contributed by atoms with Crippen LogP contribution in [0, 0.1) is 20.8 Å². The number of carbonyl (C=O) groups excluding carboxylic acids is 1. The number of aryl methyl sites for hydroxylation is 3. The van der Waals surface area contributed by atoms with Gasteiger partial charge in [-0.25, -0.2) is 0 Å². The average Bonchev–Trinajstić information content (AvgIpc) is 3.14. The fourth-order valence-electron chi connectivity index (χ4n) is 4.01. The van der Waals surface area contributed by atoms with Crippen LogP contribution in [0.15, 0.2) is 60.8 Å². The third kappa shape index (κ3) is 3.55. The van der Waals surface area contributed by atoms with Crippen molar-refractivity contribution in [1.82, 2.24) is 9.47 Å². The van der Waals surface area contributed by atoms with Gasteiger partial charge in [-0.05, 0) is 68.8 Å². The molecule has 4 nitrogen and oxygen atoms in total. The molecule has 2 heterocycles. The third-order valence-corrected chi connectivity index (χ3v) is 5.60. The molecular weight excluding hydrogens is 346 g/mol. The Labute approximate surface area is 167 Å². The monoisotopic (exact) mass is 373 g/mol. The predicted octanol–water partition coefficient (Wildman–Crippen LogP) is 4.36. The second-order valence-electron chi connectivity index (χ2n) is 7.64. The van der Waals surface area contributed by atoms with E-state index in [4.69, 9.17) is 0 Å². The van der Waals surface area contributed by atoms with Gasteiger partial charge in [0.1, 0.15) is 0 Å². The van der Waals surface area contributed by atoms with Crippen molar-refractivity contribution in [3.8, 4) is 5.69 Å². The molecule has 4 rings (SSSR count). The lowest BCUT2D eigenvalue weighted by Gasteiger charge is -2.37. The lowest BCUT2D eigenvalue weighted by Crippen LogP contribution is -2.49. The van der Waals surface area contributed by atoms with E-state index in [9.17, 15) is 4.79 Å². The highest BCUT2D eigenvalue weighted by molar-refractivity contribution is 5.94. The van der Waals surface area contributed by atoms with Gasteiger partial charge in [-0.15, -0.1) is 0 Å². The molecule has 28 heavy (non-hydrogen) atoms. The molecule has 0 bridgehead atoms. The summed E-state index contributed by atoms with van der Waals surface area (Å²) in [4.78, 5) is 17.3. The summed E-state index contributed by atoms with van der Waals surface area (Å²) >= 11 is 0. The molecule has 1 fully saturated rings. The van der Waals surface area contributed by atoms with Crippen LogP contribution in [0.5, 0.6) is 0 Å². The predicted molar refractivity (Wildman–Crippen MR) is 115 cm³/mol. The molecule has 0 N–H and O–H groups in total. The average molecular weight is 374 g/mol. The van der Waals surface area contributed by atoms with Crippen LogP contribution >= 0.6 is 0 Å². The van der Waals surface area contributed by atoms with Crippen molar-refractivity contribution in [2.24, 2.45) is 0 Å². The number of amides is 1. The first kappa shape index (κ1) is 18.4. The zero-order chi connectivity index (χ0) is 19.7. The van der Waals surface area contributed by atoms with Crippen LogP contribution in [0.25, 0.3) is 5.69 Å². The van der Waals surface area contributed by atoms with Crippen LogP contribution in [0.3, 0.4) is 0 Å². The highest BCUT2D eigenvalue weighted by Crippen LogP contribution is 2.23. The Hall–Kier alpha value is -3.01. The number of aromatic nitrogens is 1. The molecule has 4 heteroatoms. The number of rotatable bonds is 3. The van der Waals surface area contributed by atoms with E-state index in [2.05, 4.69) is 54.5 Å². The van der Waals surface area contributed by atoms with Crippen molar-refractivity contribution >= 4 is 11.6 Å². The minimum absolute atomic E-state index is 0.121. The maximum Gasteiger partial charge on any atom is 0.253 e. The summed E-state index contributed by atoms with van der Waals surface area (Å²) < 4.78 is 2.12. The van der Waals surface area contributed by atoms with Gasteiger partial charge < -0.3 is 14.4 Å². The Morgan fingerprint density at radius 3 is 2.18 bits per heavy atom. The molecule has 0 unspecified atom stereocenters. The van der Waals surface area contributed by atoms with Gasteiger partial charge in [0.25, 0.3) is 5.91 Å². The summed E-state index contributed by atoms with van der Waals surface area (Å²) in [7, 11) is 0. The summed E-state index contributed by atoms with van der Waals surface area (Å²) in [6, 6.07) is 18.6. The Kier molecular flexibility index (Phi) is 4.95. The van der Waals surface area contributed by atoms with E-state index in [0.29, 0.717) is 0 Å². The van der Waals surface area contributed by atoms with Crippen molar-refractivity contribution in [3.05, 3.63) is 83.2 Å². The minimum Gasteiger partial charge on any atom is -0.368 e. The summed E-state index contributed by atoms with van der Waals surface area (Å²) in [5, 5.41) is 0. The van der Waals surface area contributed by atoms with Gasteiger partial charge in [0.2, 0.25) is 0 Å². The van der Waals surface area contributed by atoms with Crippen molar-refractivity contribution in [1.29, 1.82) is 0 Å². The first-order chi connectivity index (χ1) is 13.5. The van der Waals surface area contributed by atoms with Crippen molar-refractivity contribution in [3.63, 3.8) is 0 Å². The molecule has 1 amide bonds. The van der Waals surface area contributed by atoms with Gasteiger partial charge in [0.05, 0.1) is 0 Å². The van der Waals surface area contributed by atoms with E-state index in [1.54, 1.807) is 0 Å². The van der Waals surface area contributed by atoms with Crippen LogP contribution in [0.4, 0.5) is 5.69 Å². The highest BCUT2D eigenvalue weighted by Gasteiger charge is 2.23. The Balaban J connectivity index is 1.42. The first-order valence-corrected chi connectivity index (χ1v) is 9.89. The van der Waals surface area contributed by atoms with Gasteiger partial charge in [-0.2, -0.15) is 0 Å². The molecule has 0 radical (unpaired) electrons. The number of piperazine rings is 1. The molecule has 0 aliphatic carbocycles. The maximum atomic E-state index is 12.9. The van der Waals surface area contributed by atoms with Crippen LogP contribution in [0.2, 0.25) is 0 Å². The maximum absolute atomic E-state index is 12.9. The van der Waals surface area contributed by atoms with Gasteiger partial charge in [-0.1, -0.05) is 17.7 Å². The summed E-state index contributed by atoms with van der Waals surface area (Å²) in [6.45, 7) is 9.61. The third-order valence-electron chi connectivity index (χ3n) is 5.60. The lowest BCUT2D eigenvalue weighted by atomic mass is 10.1. The SMILES string of the molecule is Cc1ccc(N2CCN(C(=O)c3ccc(-n4cccc4C)cc3)CC2)c(C)c1. The number of anilines is 1. The number of benzene rings is 2. The van der Waals surface area contributed by atoms with Crippen molar-refractivity contribution in [2.45, 2.75) is 20.8 Å². The second-order valence-corrected chi connectivity index (χ2v) is 7.64. The van der Waals surface area contributed by atoms with Crippen LogP contribution in [0.1, 0.15) is 27.2 Å².